The van der Waals surface area contributed by atoms with E-state index in [0.29, 0.717) is 19.3 Å². The number of hydrogen-bond acceptors (Lipinski definition) is 4. The van der Waals surface area contributed by atoms with Crippen LogP contribution in [0.4, 0.5) is 0 Å². The maximum Gasteiger partial charge on any atom is 0.230 e. The van der Waals surface area contributed by atoms with Gasteiger partial charge in [-0.1, -0.05) is 6.92 Å². The van der Waals surface area contributed by atoms with E-state index in [1.54, 1.807) is 6.92 Å². The molecule has 0 aliphatic carbocycles. The van der Waals surface area contributed by atoms with Crippen LogP contribution in [0.1, 0.15) is 39.0 Å². The first kappa shape index (κ1) is 12.8. The molecule has 2 saturated heterocycles. The smallest absolute Gasteiger partial charge is 0.230 e. The minimum atomic E-state index is -3.52. The first-order valence-corrected chi connectivity index (χ1v) is 7.61. The molecule has 3 unspecified atom stereocenters. The van der Waals surface area contributed by atoms with E-state index in [1.165, 1.54) is 4.31 Å². The summed E-state index contributed by atoms with van der Waals surface area (Å²) in [6, 6.07) is 1.68. The fourth-order valence-corrected chi connectivity index (χ4v) is 5.10. The Balaban J connectivity index is 2.27. The van der Waals surface area contributed by atoms with E-state index in [-0.39, 0.29) is 18.2 Å². The van der Waals surface area contributed by atoms with Crippen LogP contribution in [-0.4, -0.2) is 41.3 Å². The van der Waals surface area contributed by atoms with E-state index in [9.17, 15) is 13.5 Å². The van der Waals surface area contributed by atoms with Crippen LogP contribution in [0.25, 0.3) is 0 Å². The summed E-state index contributed by atoms with van der Waals surface area (Å²) in [4.78, 5) is 0. The van der Waals surface area contributed by atoms with Gasteiger partial charge in [-0.2, -0.15) is 9.57 Å². The fourth-order valence-electron chi connectivity index (χ4n) is 3.04. The number of fused-ring (bicyclic) bond motifs is 2. The van der Waals surface area contributed by atoms with Gasteiger partial charge in [0.25, 0.3) is 0 Å². The first-order valence-electron chi connectivity index (χ1n) is 6.10. The average molecular weight is 258 g/mol. The zero-order valence-corrected chi connectivity index (χ0v) is 10.7. The highest BCUT2D eigenvalue weighted by molar-refractivity contribution is 7.90. The van der Waals surface area contributed by atoms with Crippen LogP contribution in [-0.2, 0) is 10.0 Å². The van der Waals surface area contributed by atoms with Gasteiger partial charge in [-0.15, -0.1) is 0 Å². The van der Waals surface area contributed by atoms with Crippen molar-refractivity contribution in [1.82, 2.24) is 4.31 Å². The van der Waals surface area contributed by atoms with Crippen molar-refractivity contribution in [2.45, 2.75) is 62.5 Å². The van der Waals surface area contributed by atoms with Crippen molar-refractivity contribution in [2.24, 2.45) is 0 Å². The highest BCUT2D eigenvalue weighted by Crippen LogP contribution is 2.39. The van der Waals surface area contributed by atoms with E-state index in [1.807, 2.05) is 6.07 Å². The third-order valence-electron chi connectivity index (χ3n) is 3.81. The van der Waals surface area contributed by atoms with Crippen molar-refractivity contribution in [3.8, 4) is 6.07 Å². The molecule has 2 fully saturated rings. The quantitative estimate of drug-likeness (QED) is 0.804. The van der Waals surface area contributed by atoms with Crippen molar-refractivity contribution in [3.63, 3.8) is 0 Å². The Labute approximate surface area is 102 Å². The minimum Gasteiger partial charge on any atom is -0.393 e. The molecule has 2 aliphatic heterocycles. The number of hydrogen-bond donors (Lipinski definition) is 1. The zero-order valence-electron chi connectivity index (χ0n) is 9.91. The van der Waals surface area contributed by atoms with Crippen LogP contribution in [0.5, 0.6) is 0 Å². The average Bonchev–Trinajstić information content (AvgIpc) is 2.54. The van der Waals surface area contributed by atoms with Crippen molar-refractivity contribution in [3.05, 3.63) is 0 Å². The normalized spacial score (nSPS) is 35.5. The molecular formula is C11H18N2O3S. The van der Waals surface area contributed by atoms with E-state index >= 15 is 0 Å². The Morgan fingerprint density at radius 3 is 2.35 bits per heavy atom. The Bertz CT molecular complexity index is 414. The maximum atomic E-state index is 12.3. The number of aliphatic hydroxyl groups excluding tert-OH is 1. The highest BCUT2D eigenvalue weighted by Gasteiger charge is 2.48. The van der Waals surface area contributed by atoms with Crippen LogP contribution in [0.3, 0.4) is 0 Å². The lowest BCUT2D eigenvalue weighted by Crippen LogP contribution is -2.50. The van der Waals surface area contributed by atoms with Gasteiger partial charge in [-0.25, -0.2) is 8.42 Å². The van der Waals surface area contributed by atoms with Gasteiger partial charge in [0.05, 0.1) is 12.2 Å². The monoisotopic (exact) mass is 258 g/mol. The number of nitriles is 1. The van der Waals surface area contributed by atoms with Crippen LogP contribution < -0.4 is 0 Å². The molecule has 5 nitrogen and oxygen atoms in total. The SMILES string of the molecule is CCC(C#N)S(=O)(=O)N1C2CCC1CC(O)C2. The summed E-state index contributed by atoms with van der Waals surface area (Å²) in [6.07, 6.45) is 2.57. The topological polar surface area (TPSA) is 81.4 Å². The van der Waals surface area contributed by atoms with Gasteiger partial charge in [0.1, 0.15) is 0 Å². The Morgan fingerprint density at radius 2 is 1.94 bits per heavy atom. The molecule has 2 heterocycles. The Kier molecular flexibility index (Phi) is 3.43. The molecule has 96 valence electrons. The summed E-state index contributed by atoms with van der Waals surface area (Å²) in [5.41, 5.74) is 0. The Hall–Kier alpha value is -0.640. The molecule has 0 aromatic heterocycles. The maximum absolute atomic E-state index is 12.3. The lowest BCUT2D eigenvalue weighted by molar-refractivity contribution is 0.0766. The standard InChI is InChI=1S/C11H18N2O3S/c1-2-11(7-12)17(15,16)13-8-3-4-9(13)6-10(14)5-8/h8-11,14H,2-6H2,1H3. The molecule has 2 rings (SSSR count). The van der Waals surface area contributed by atoms with Gasteiger partial charge < -0.3 is 5.11 Å². The summed E-state index contributed by atoms with van der Waals surface area (Å²) < 4.78 is 26.2. The van der Waals surface area contributed by atoms with Crippen molar-refractivity contribution >= 4 is 10.0 Å². The van der Waals surface area contributed by atoms with Gasteiger partial charge in [0.2, 0.25) is 10.0 Å². The van der Waals surface area contributed by atoms with E-state index in [0.717, 1.165) is 12.8 Å². The van der Waals surface area contributed by atoms with Crippen molar-refractivity contribution < 1.29 is 13.5 Å². The second-order valence-corrected chi connectivity index (χ2v) is 6.93. The largest absolute Gasteiger partial charge is 0.393 e. The van der Waals surface area contributed by atoms with Gasteiger partial charge in [-0.05, 0) is 32.1 Å². The summed E-state index contributed by atoms with van der Waals surface area (Å²) in [5, 5.41) is 17.6. The van der Waals surface area contributed by atoms with Crippen LogP contribution in [0.15, 0.2) is 0 Å². The fraction of sp³-hybridized carbons (Fsp3) is 0.909. The molecule has 17 heavy (non-hydrogen) atoms. The predicted molar refractivity (Wildman–Crippen MR) is 62.5 cm³/mol. The molecule has 0 amide bonds. The zero-order chi connectivity index (χ0) is 12.6. The number of sulfonamides is 1. The third kappa shape index (κ3) is 2.07. The number of piperidine rings is 1. The van der Waals surface area contributed by atoms with E-state index in [2.05, 4.69) is 0 Å². The molecule has 3 atom stereocenters. The molecule has 2 aliphatic rings. The molecule has 1 N–H and O–H groups in total. The molecule has 6 heteroatoms. The minimum absolute atomic E-state index is 0.101. The van der Waals surface area contributed by atoms with Gasteiger partial charge in [0, 0.05) is 12.1 Å². The highest BCUT2D eigenvalue weighted by atomic mass is 32.2. The third-order valence-corrected chi connectivity index (χ3v) is 6.15. The van der Waals surface area contributed by atoms with Gasteiger partial charge >= 0.3 is 0 Å². The number of nitrogens with zero attached hydrogens (tertiary/aromatic N) is 2. The summed E-state index contributed by atoms with van der Waals surface area (Å²) in [5.74, 6) is 0. The van der Waals surface area contributed by atoms with E-state index < -0.39 is 15.3 Å². The molecule has 0 radical (unpaired) electrons. The van der Waals surface area contributed by atoms with Crippen LogP contribution >= 0.6 is 0 Å². The lowest BCUT2D eigenvalue weighted by Gasteiger charge is -2.36. The lowest BCUT2D eigenvalue weighted by atomic mass is 10.0. The van der Waals surface area contributed by atoms with Gasteiger partial charge in [-0.3, -0.25) is 0 Å². The molecular weight excluding hydrogens is 240 g/mol. The second-order valence-electron chi connectivity index (χ2n) is 4.91. The van der Waals surface area contributed by atoms with Crippen LogP contribution in [0.2, 0.25) is 0 Å². The molecule has 0 spiro atoms. The summed E-state index contributed by atoms with van der Waals surface area (Å²) >= 11 is 0. The Morgan fingerprint density at radius 1 is 1.41 bits per heavy atom. The molecule has 0 saturated carbocycles. The van der Waals surface area contributed by atoms with Crippen LogP contribution in [0, 0.1) is 11.3 Å². The van der Waals surface area contributed by atoms with E-state index in [4.69, 9.17) is 5.26 Å². The predicted octanol–water partition coefficient (Wildman–Crippen LogP) is 0.606. The number of rotatable bonds is 3. The number of aliphatic hydroxyl groups is 1. The summed E-state index contributed by atoms with van der Waals surface area (Å²) in [7, 11) is -3.52. The van der Waals surface area contributed by atoms with Gasteiger partial charge in [0.15, 0.2) is 5.25 Å². The molecule has 0 aromatic carbocycles. The van der Waals surface area contributed by atoms with Crippen molar-refractivity contribution in [1.29, 1.82) is 5.26 Å². The second kappa shape index (κ2) is 4.56. The molecule has 0 aromatic rings. The molecule has 2 bridgehead atoms. The first-order chi connectivity index (χ1) is 8.00. The van der Waals surface area contributed by atoms with Crippen molar-refractivity contribution in [2.75, 3.05) is 0 Å². The summed E-state index contributed by atoms with van der Waals surface area (Å²) in [6.45, 7) is 1.71.